The van der Waals surface area contributed by atoms with E-state index in [0.717, 1.165) is 62.9 Å². The van der Waals surface area contributed by atoms with E-state index in [9.17, 15) is 9.59 Å². The SMILES string of the molecule is COc1nc2c(cc1C(=O)NC[C@H]1[C@@H]3CNC[C@@H](C3)[C@@H]3CCCC(=O)N31)CCC2. The highest BCUT2D eigenvalue weighted by atomic mass is 16.5. The summed E-state index contributed by atoms with van der Waals surface area (Å²) in [5, 5.41) is 6.66. The van der Waals surface area contributed by atoms with E-state index in [1.54, 1.807) is 7.11 Å². The molecule has 29 heavy (non-hydrogen) atoms. The van der Waals surface area contributed by atoms with E-state index in [2.05, 4.69) is 20.5 Å². The maximum atomic E-state index is 13.0. The van der Waals surface area contributed by atoms with Crippen LogP contribution in [0.1, 0.15) is 53.7 Å². The fraction of sp³-hybridized carbons (Fsp3) is 0.682. The molecule has 2 amide bonds. The molecule has 3 fully saturated rings. The minimum atomic E-state index is -0.157. The van der Waals surface area contributed by atoms with E-state index in [1.807, 2.05) is 6.07 Å². The summed E-state index contributed by atoms with van der Waals surface area (Å²) in [4.78, 5) is 32.5. The Morgan fingerprint density at radius 1 is 1.28 bits per heavy atom. The Hall–Kier alpha value is -2.15. The van der Waals surface area contributed by atoms with Gasteiger partial charge in [0, 0.05) is 31.2 Å². The maximum absolute atomic E-state index is 13.0. The van der Waals surface area contributed by atoms with Crippen molar-refractivity contribution in [2.75, 3.05) is 26.7 Å². The number of methoxy groups -OCH3 is 1. The Morgan fingerprint density at radius 2 is 2.14 bits per heavy atom. The molecular weight excluding hydrogens is 368 g/mol. The van der Waals surface area contributed by atoms with Crippen molar-refractivity contribution in [2.45, 2.75) is 57.0 Å². The summed E-state index contributed by atoms with van der Waals surface area (Å²) in [6.45, 7) is 2.40. The number of nitrogens with one attached hydrogen (secondary N) is 2. The van der Waals surface area contributed by atoms with Gasteiger partial charge in [-0.3, -0.25) is 9.59 Å². The summed E-state index contributed by atoms with van der Waals surface area (Å²) in [6.07, 6.45) is 6.84. The molecule has 0 saturated carbocycles. The zero-order valence-electron chi connectivity index (χ0n) is 17.1. The minimum absolute atomic E-state index is 0.0641. The fourth-order valence-electron chi connectivity index (χ4n) is 5.96. The second kappa shape index (κ2) is 7.59. The van der Waals surface area contributed by atoms with Crippen LogP contribution < -0.4 is 15.4 Å². The largest absolute Gasteiger partial charge is 0.480 e. The van der Waals surface area contributed by atoms with Crippen LogP contribution in [0.4, 0.5) is 0 Å². The van der Waals surface area contributed by atoms with E-state index < -0.39 is 0 Å². The van der Waals surface area contributed by atoms with Crippen molar-refractivity contribution in [2.24, 2.45) is 11.8 Å². The predicted molar refractivity (Wildman–Crippen MR) is 108 cm³/mol. The van der Waals surface area contributed by atoms with Gasteiger partial charge < -0.3 is 20.3 Å². The fourth-order valence-corrected chi connectivity index (χ4v) is 5.96. The monoisotopic (exact) mass is 398 g/mol. The number of carbonyl (C=O) groups excluding carboxylic acids is 2. The van der Waals surface area contributed by atoms with Gasteiger partial charge in [-0.2, -0.15) is 0 Å². The van der Waals surface area contributed by atoms with Gasteiger partial charge in [-0.15, -0.1) is 0 Å². The highest BCUT2D eigenvalue weighted by Crippen LogP contribution is 2.39. The highest BCUT2D eigenvalue weighted by molar-refractivity contribution is 5.96. The molecule has 7 nitrogen and oxygen atoms in total. The topological polar surface area (TPSA) is 83.6 Å². The summed E-state index contributed by atoms with van der Waals surface area (Å²) in [7, 11) is 1.56. The Balaban J connectivity index is 1.35. The first-order valence-electron chi connectivity index (χ1n) is 11.0. The third kappa shape index (κ3) is 3.29. The molecule has 0 radical (unpaired) electrons. The van der Waals surface area contributed by atoms with Crippen molar-refractivity contribution in [3.05, 3.63) is 22.9 Å². The van der Waals surface area contributed by atoms with E-state index in [0.29, 0.717) is 42.3 Å². The van der Waals surface area contributed by atoms with Crippen LogP contribution in [0.5, 0.6) is 5.88 Å². The molecule has 3 aliphatic heterocycles. The molecule has 1 aromatic heterocycles. The van der Waals surface area contributed by atoms with Crippen LogP contribution in [0.15, 0.2) is 6.07 Å². The lowest BCUT2D eigenvalue weighted by molar-refractivity contribution is -0.148. The lowest BCUT2D eigenvalue weighted by Crippen LogP contribution is -2.66. The number of carbonyl (C=O) groups is 2. The lowest BCUT2D eigenvalue weighted by atomic mass is 9.72. The van der Waals surface area contributed by atoms with Gasteiger partial charge in [0.25, 0.3) is 5.91 Å². The first-order valence-corrected chi connectivity index (χ1v) is 11.0. The Kier molecular flexibility index (Phi) is 4.94. The molecule has 4 aliphatic rings. The smallest absolute Gasteiger partial charge is 0.256 e. The lowest BCUT2D eigenvalue weighted by Gasteiger charge is -2.54. The molecule has 2 N–H and O–H groups in total. The van der Waals surface area contributed by atoms with Crippen molar-refractivity contribution in [1.82, 2.24) is 20.5 Å². The number of nitrogens with zero attached hydrogens (tertiary/aromatic N) is 2. The van der Waals surface area contributed by atoms with Crippen molar-refractivity contribution in [3.63, 3.8) is 0 Å². The first kappa shape index (κ1) is 18.9. The maximum Gasteiger partial charge on any atom is 0.256 e. The summed E-state index contributed by atoms with van der Waals surface area (Å²) >= 11 is 0. The van der Waals surface area contributed by atoms with Crippen LogP contribution in [0.2, 0.25) is 0 Å². The number of fused-ring (bicyclic) bond motifs is 5. The van der Waals surface area contributed by atoms with Crippen molar-refractivity contribution >= 4 is 11.8 Å². The molecule has 4 atom stereocenters. The number of aryl methyl sites for hydroxylation is 2. The zero-order chi connectivity index (χ0) is 20.0. The Morgan fingerprint density at radius 3 is 3.00 bits per heavy atom. The van der Waals surface area contributed by atoms with Gasteiger partial charge in [0.05, 0.1) is 13.2 Å². The van der Waals surface area contributed by atoms with Gasteiger partial charge in [0.1, 0.15) is 5.56 Å². The normalized spacial score (nSPS) is 30.5. The summed E-state index contributed by atoms with van der Waals surface area (Å²) in [5.41, 5.74) is 2.70. The van der Waals surface area contributed by atoms with Gasteiger partial charge in [-0.25, -0.2) is 4.98 Å². The summed E-state index contributed by atoms with van der Waals surface area (Å²) < 4.78 is 5.41. The molecular formula is C22H30N4O3. The average Bonchev–Trinajstić information content (AvgIpc) is 3.20. The zero-order valence-corrected chi connectivity index (χ0v) is 17.1. The van der Waals surface area contributed by atoms with Crippen LogP contribution in [0, 0.1) is 11.8 Å². The number of hydrogen-bond donors (Lipinski definition) is 2. The number of amides is 2. The Bertz CT molecular complexity index is 827. The molecule has 0 aromatic carbocycles. The molecule has 0 unspecified atom stereocenters. The van der Waals surface area contributed by atoms with Gasteiger partial charge in [0.15, 0.2) is 0 Å². The van der Waals surface area contributed by atoms with Gasteiger partial charge in [-0.05, 0) is 68.5 Å². The molecule has 3 saturated heterocycles. The predicted octanol–water partition coefficient (Wildman–Crippen LogP) is 1.30. The molecule has 0 spiro atoms. The van der Waals surface area contributed by atoms with Crippen LogP contribution in [0.25, 0.3) is 0 Å². The second-order valence-corrected chi connectivity index (χ2v) is 8.96. The molecule has 4 heterocycles. The summed E-state index contributed by atoms with van der Waals surface area (Å²) in [6, 6.07) is 2.32. The molecule has 2 bridgehead atoms. The third-order valence-corrected chi connectivity index (χ3v) is 7.33. The second-order valence-electron chi connectivity index (χ2n) is 8.96. The molecule has 1 aromatic rings. The minimum Gasteiger partial charge on any atom is -0.480 e. The molecule has 1 aliphatic carbocycles. The van der Waals surface area contributed by atoms with E-state index >= 15 is 0 Å². The van der Waals surface area contributed by atoms with Crippen LogP contribution in [-0.2, 0) is 17.6 Å². The van der Waals surface area contributed by atoms with Crippen LogP contribution in [0.3, 0.4) is 0 Å². The van der Waals surface area contributed by atoms with Crippen molar-refractivity contribution in [3.8, 4) is 5.88 Å². The number of aromatic nitrogens is 1. The Labute approximate surface area is 171 Å². The molecule has 5 rings (SSSR count). The number of piperidine rings is 3. The van der Waals surface area contributed by atoms with Crippen LogP contribution in [-0.4, -0.2) is 60.5 Å². The number of rotatable bonds is 4. The van der Waals surface area contributed by atoms with E-state index in [1.165, 1.54) is 0 Å². The van der Waals surface area contributed by atoms with Crippen LogP contribution >= 0.6 is 0 Å². The van der Waals surface area contributed by atoms with Gasteiger partial charge in [-0.1, -0.05) is 0 Å². The number of pyridine rings is 1. The quantitative estimate of drug-likeness (QED) is 0.799. The van der Waals surface area contributed by atoms with E-state index in [4.69, 9.17) is 4.74 Å². The van der Waals surface area contributed by atoms with Gasteiger partial charge >= 0.3 is 0 Å². The molecule has 156 valence electrons. The first-order chi connectivity index (χ1) is 14.2. The standard InChI is InChI=1S/C22H30N4O3/c1-29-22-16(9-13-4-2-5-17(13)25-22)21(28)24-12-19-15-8-14(10-23-11-15)18-6-3-7-20(27)26(18)19/h9,14-15,18-19,23H,2-8,10-12H2,1H3,(H,24,28)/t14-,15+,18+,19+/m1/s1. The summed E-state index contributed by atoms with van der Waals surface area (Å²) in [5.74, 6) is 1.45. The molecule has 7 heteroatoms. The average molecular weight is 399 g/mol. The number of hydrogen-bond acceptors (Lipinski definition) is 5. The number of ether oxygens (including phenoxy) is 1. The third-order valence-electron chi connectivity index (χ3n) is 7.33. The van der Waals surface area contributed by atoms with E-state index in [-0.39, 0.29) is 17.9 Å². The van der Waals surface area contributed by atoms with Crippen molar-refractivity contribution < 1.29 is 14.3 Å². The van der Waals surface area contributed by atoms with Gasteiger partial charge in [0.2, 0.25) is 11.8 Å². The highest BCUT2D eigenvalue weighted by Gasteiger charge is 2.47. The van der Waals surface area contributed by atoms with Crippen molar-refractivity contribution in [1.29, 1.82) is 0 Å².